The van der Waals surface area contributed by atoms with Crippen molar-refractivity contribution in [3.8, 4) is 0 Å². The first-order valence-corrected chi connectivity index (χ1v) is 5.48. The maximum Gasteiger partial charge on any atom is 0.269 e. The molecule has 0 saturated carbocycles. The van der Waals surface area contributed by atoms with E-state index in [2.05, 4.69) is 4.99 Å². The van der Waals surface area contributed by atoms with Crippen LogP contribution in [0.1, 0.15) is 11.3 Å². The average molecular weight is 243 g/mol. The molecule has 2 aromatic rings. The van der Waals surface area contributed by atoms with E-state index in [0.29, 0.717) is 0 Å². The monoisotopic (exact) mass is 243 g/mol. The van der Waals surface area contributed by atoms with Gasteiger partial charge in [-0.15, -0.1) is 0 Å². The zero-order valence-electron chi connectivity index (χ0n) is 10.2. The maximum atomic E-state index is 10.6. The molecule has 0 spiro atoms. The molecule has 5 nitrogen and oxygen atoms in total. The summed E-state index contributed by atoms with van der Waals surface area (Å²) in [7, 11) is 1.93. The first kappa shape index (κ1) is 12.0. The molecule has 5 heteroatoms. The van der Waals surface area contributed by atoms with E-state index >= 15 is 0 Å². The van der Waals surface area contributed by atoms with E-state index in [1.807, 2.05) is 36.9 Å². The van der Waals surface area contributed by atoms with Crippen molar-refractivity contribution in [3.63, 3.8) is 0 Å². The standard InChI is InChI=1S/C13H13N3O2/c1-10-8-11(16(17)18)5-6-13(10)14-9-12-4-3-7-15(12)2/h3-9H,1-2H3. The minimum absolute atomic E-state index is 0.0883. The Morgan fingerprint density at radius 3 is 2.72 bits per heavy atom. The minimum atomic E-state index is -0.405. The molecule has 0 aliphatic carbocycles. The van der Waals surface area contributed by atoms with Crippen LogP contribution in [0.5, 0.6) is 0 Å². The van der Waals surface area contributed by atoms with Crippen LogP contribution in [0.15, 0.2) is 41.5 Å². The molecule has 1 heterocycles. The van der Waals surface area contributed by atoms with Crippen molar-refractivity contribution >= 4 is 17.6 Å². The third kappa shape index (κ3) is 2.45. The van der Waals surface area contributed by atoms with Gasteiger partial charge in [0.25, 0.3) is 5.69 Å². The molecule has 0 aliphatic rings. The second-order valence-corrected chi connectivity index (χ2v) is 4.03. The maximum absolute atomic E-state index is 10.6. The van der Waals surface area contributed by atoms with Crippen LogP contribution in [0.2, 0.25) is 0 Å². The summed E-state index contributed by atoms with van der Waals surface area (Å²) < 4.78 is 1.95. The third-order valence-electron chi connectivity index (χ3n) is 2.71. The van der Waals surface area contributed by atoms with Crippen molar-refractivity contribution in [3.05, 3.63) is 57.9 Å². The van der Waals surface area contributed by atoms with Gasteiger partial charge in [-0.05, 0) is 30.7 Å². The largest absolute Gasteiger partial charge is 0.350 e. The van der Waals surface area contributed by atoms with Crippen LogP contribution in [0, 0.1) is 17.0 Å². The van der Waals surface area contributed by atoms with Gasteiger partial charge in [-0.25, -0.2) is 0 Å². The van der Waals surface area contributed by atoms with Gasteiger partial charge in [0, 0.05) is 25.4 Å². The van der Waals surface area contributed by atoms with Crippen LogP contribution in [-0.4, -0.2) is 15.7 Å². The van der Waals surface area contributed by atoms with Crippen molar-refractivity contribution in [1.82, 2.24) is 4.57 Å². The van der Waals surface area contributed by atoms with Crippen molar-refractivity contribution in [2.75, 3.05) is 0 Å². The number of hydrogen-bond donors (Lipinski definition) is 0. The lowest BCUT2D eigenvalue weighted by atomic mass is 10.2. The summed E-state index contributed by atoms with van der Waals surface area (Å²) in [5.41, 5.74) is 2.59. The highest BCUT2D eigenvalue weighted by atomic mass is 16.6. The van der Waals surface area contributed by atoms with Gasteiger partial charge in [0.1, 0.15) is 0 Å². The number of aliphatic imine (C=N–C) groups is 1. The van der Waals surface area contributed by atoms with Crippen molar-refractivity contribution in [2.24, 2.45) is 12.0 Å². The number of non-ortho nitro benzene ring substituents is 1. The fourth-order valence-electron chi connectivity index (χ4n) is 1.64. The zero-order valence-corrected chi connectivity index (χ0v) is 10.2. The normalized spacial score (nSPS) is 11.0. The summed E-state index contributed by atoms with van der Waals surface area (Å²) in [6.45, 7) is 1.81. The molecule has 0 saturated heterocycles. The third-order valence-corrected chi connectivity index (χ3v) is 2.71. The molecule has 0 atom stereocenters. The summed E-state index contributed by atoms with van der Waals surface area (Å²) in [6, 6.07) is 8.53. The lowest BCUT2D eigenvalue weighted by Gasteiger charge is -2.00. The summed E-state index contributed by atoms with van der Waals surface area (Å²) in [6.07, 6.45) is 3.68. The Labute approximate surface area is 105 Å². The molecular formula is C13H13N3O2. The van der Waals surface area contributed by atoms with Gasteiger partial charge in [-0.1, -0.05) is 0 Å². The molecule has 0 bridgehead atoms. The number of hydrogen-bond acceptors (Lipinski definition) is 3. The van der Waals surface area contributed by atoms with Gasteiger partial charge < -0.3 is 4.57 Å². The predicted molar refractivity (Wildman–Crippen MR) is 70.5 cm³/mol. The van der Waals surface area contributed by atoms with E-state index in [4.69, 9.17) is 0 Å². The quantitative estimate of drug-likeness (QED) is 0.472. The second kappa shape index (κ2) is 4.83. The first-order chi connectivity index (χ1) is 8.58. The highest BCUT2D eigenvalue weighted by Crippen LogP contribution is 2.23. The number of rotatable bonds is 3. The number of benzene rings is 1. The molecule has 0 aliphatic heterocycles. The van der Waals surface area contributed by atoms with Crippen LogP contribution in [0.3, 0.4) is 0 Å². The fraction of sp³-hybridized carbons (Fsp3) is 0.154. The fourth-order valence-corrected chi connectivity index (χ4v) is 1.64. The molecule has 2 rings (SSSR count). The van der Waals surface area contributed by atoms with E-state index in [1.54, 1.807) is 12.3 Å². The Kier molecular flexibility index (Phi) is 3.23. The number of nitro benzene ring substituents is 1. The number of nitro groups is 1. The molecule has 1 aromatic carbocycles. The summed E-state index contributed by atoms with van der Waals surface area (Å²) in [4.78, 5) is 14.6. The Morgan fingerprint density at radius 2 is 2.17 bits per heavy atom. The summed E-state index contributed by atoms with van der Waals surface area (Å²) in [5.74, 6) is 0. The Balaban J connectivity index is 2.28. The van der Waals surface area contributed by atoms with Crippen LogP contribution >= 0.6 is 0 Å². The predicted octanol–water partition coefficient (Wildman–Crippen LogP) is 2.99. The Hall–Kier alpha value is -2.43. The lowest BCUT2D eigenvalue weighted by molar-refractivity contribution is -0.384. The molecular weight excluding hydrogens is 230 g/mol. The second-order valence-electron chi connectivity index (χ2n) is 4.03. The molecule has 1 aromatic heterocycles. The highest BCUT2D eigenvalue weighted by molar-refractivity contribution is 5.80. The van der Waals surface area contributed by atoms with E-state index in [9.17, 15) is 10.1 Å². The van der Waals surface area contributed by atoms with Crippen LogP contribution in [-0.2, 0) is 7.05 Å². The number of nitrogens with zero attached hydrogens (tertiary/aromatic N) is 3. The average Bonchev–Trinajstić information content (AvgIpc) is 2.73. The van der Waals surface area contributed by atoms with Crippen LogP contribution in [0.4, 0.5) is 11.4 Å². The van der Waals surface area contributed by atoms with Crippen molar-refractivity contribution in [1.29, 1.82) is 0 Å². The Morgan fingerprint density at radius 1 is 1.39 bits per heavy atom. The van der Waals surface area contributed by atoms with Crippen molar-refractivity contribution in [2.45, 2.75) is 6.92 Å². The van der Waals surface area contributed by atoms with Gasteiger partial charge in [0.05, 0.1) is 22.5 Å². The molecule has 0 amide bonds. The van der Waals surface area contributed by atoms with Crippen molar-refractivity contribution < 1.29 is 4.92 Å². The summed E-state index contributed by atoms with van der Waals surface area (Å²) >= 11 is 0. The number of aromatic nitrogens is 1. The van der Waals surface area contributed by atoms with Gasteiger partial charge in [-0.2, -0.15) is 0 Å². The molecule has 0 radical (unpaired) electrons. The SMILES string of the molecule is Cc1cc([N+](=O)[O-])ccc1N=Cc1cccn1C. The smallest absolute Gasteiger partial charge is 0.269 e. The minimum Gasteiger partial charge on any atom is -0.350 e. The first-order valence-electron chi connectivity index (χ1n) is 5.48. The van der Waals surface area contributed by atoms with E-state index in [1.165, 1.54) is 12.1 Å². The van der Waals surface area contributed by atoms with Gasteiger partial charge in [-0.3, -0.25) is 15.1 Å². The molecule has 18 heavy (non-hydrogen) atoms. The van der Waals surface area contributed by atoms with E-state index < -0.39 is 4.92 Å². The lowest BCUT2D eigenvalue weighted by Crippen LogP contribution is -1.92. The molecule has 92 valence electrons. The zero-order chi connectivity index (χ0) is 13.1. The summed E-state index contributed by atoms with van der Waals surface area (Å²) in [5, 5.41) is 10.6. The van der Waals surface area contributed by atoms with Crippen LogP contribution < -0.4 is 0 Å². The van der Waals surface area contributed by atoms with E-state index in [0.717, 1.165) is 16.9 Å². The topological polar surface area (TPSA) is 60.4 Å². The molecule has 0 N–H and O–H groups in total. The van der Waals surface area contributed by atoms with E-state index in [-0.39, 0.29) is 5.69 Å². The van der Waals surface area contributed by atoms with Crippen LogP contribution in [0.25, 0.3) is 0 Å². The van der Waals surface area contributed by atoms with Gasteiger partial charge in [0.15, 0.2) is 0 Å². The molecule has 0 fully saturated rings. The van der Waals surface area contributed by atoms with Gasteiger partial charge >= 0.3 is 0 Å². The number of aryl methyl sites for hydroxylation is 2. The highest BCUT2D eigenvalue weighted by Gasteiger charge is 2.06. The Bertz CT molecular complexity index is 614. The van der Waals surface area contributed by atoms with Gasteiger partial charge in [0.2, 0.25) is 0 Å². The molecule has 0 unspecified atom stereocenters.